The number of thioether (sulfide) groups is 1. The molecule has 10 nitrogen and oxygen atoms in total. The van der Waals surface area contributed by atoms with Crippen LogP contribution < -0.4 is 24.4 Å². The van der Waals surface area contributed by atoms with Crippen LogP contribution in [0.25, 0.3) is 17.1 Å². The Morgan fingerprint density at radius 3 is 2.34 bits per heavy atom. The van der Waals surface area contributed by atoms with Crippen molar-refractivity contribution in [3.05, 3.63) is 72.3 Å². The SMILES string of the molecule is COc1ccc(OC)c(C=NNC(=O)CSc2nnc(-c3ccc(OC)c(OC)c3)n2-c2ccccc2)c1. The topological polar surface area (TPSA) is 109 Å². The first-order valence-electron chi connectivity index (χ1n) is 11.5. The van der Waals surface area contributed by atoms with Gasteiger partial charge in [0.2, 0.25) is 0 Å². The summed E-state index contributed by atoms with van der Waals surface area (Å²) in [4.78, 5) is 12.6. The van der Waals surface area contributed by atoms with Gasteiger partial charge in [-0.05, 0) is 48.5 Å². The number of para-hydroxylation sites is 1. The van der Waals surface area contributed by atoms with Gasteiger partial charge in [0, 0.05) is 16.8 Å². The smallest absolute Gasteiger partial charge is 0.250 e. The van der Waals surface area contributed by atoms with Gasteiger partial charge in [0.05, 0.1) is 40.4 Å². The second-order valence-electron chi connectivity index (χ2n) is 7.74. The highest BCUT2D eigenvalue weighted by Gasteiger charge is 2.18. The molecule has 0 atom stereocenters. The van der Waals surface area contributed by atoms with E-state index in [9.17, 15) is 4.79 Å². The Balaban J connectivity index is 1.53. The Labute approximate surface area is 224 Å². The van der Waals surface area contributed by atoms with Crippen molar-refractivity contribution in [1.29, 1.82) is 0 Å². The molecule has 0 aliphatic carbocycles. The highest BCUT2D eigenvalue weighted by Crippen LogP contribution is 2.34. The van der Waals surface area contributed by atoms with Crippen LogP contribution in [0, 0.1) is 0 Å². The van der Waals surface area contributed by atoms with E-state index in [4.69, 9.17) is 18.9 Å². The molecule has 0 spiro atoms. The average Bonchev–Trinajstić information content (AvgIpc) is 3.40. The number of aromatic nitrogens is 3. The molecule has 11 heteroatoms. The molecule has 4 aromatic rings. The summed E-state index contributed by atoms with van der Waals surface area (Å²) in [7, 11) is 6.30. The fourth-order valence-electron chi connectivity index (χ4n) is 3.61. The van der Waals surface area contributed by atoms with Crippen LogP contribution in [0.1, 0.15) is 5.56 Å². The molecule has 1 amide bonds. The number of hydrogen-bond acceptors (Lipinski definition) is 9. The van der Waals surface area contributed by atoms with Crippen molar-refractivity contribution >= 4 is 23.9 Å². The number of carbonyl (C=O) groups is 1. The number of nitrogens with zero attached hydrogens (tertiary/aromatic N) is 4. The fraction of sp³-hybridized carbons (Fsp3) is 0.185. The molecular weight excluding hydrogens is 506 g/mol. The first-order valence-corrected chi connectivity index (χ1v) is 12.5. The van der Waals surface area contributed by atoms with Crippen molar-refractivity contribution < 1.29 is 23.7 Å². The molecule has 38 heavy (non-hydrogen) atoms. The molecule has 0 saturated heterocycles. The summed E-state index contributed by atoms with van der Waals surface area (Å²) in [5.41, 5.74) is 4.85. The number of ether oxygens (including phenoxy) is 4. The largest absolute Gasteiger partial charge is 0.497 e. The van der Waals surface area contributed by atoms with Crippen molar-refractivity contribution in [3.8, 4) is 40.1 Å². The Morgan fingerprint density at radius 2 is 1.63 bits per heavy atom. The molecule has 1 heterocycles. The molecule has 1 N–H and O–H groups in total. The molecular formula is C27H27N5O5S. The average molecular weight is 534 g/mol. The molecule has 0 saturated carbocycles. The van der Waals surface area contributed by atoms with E-state index >= 15 is 0 Å². The van der Waals surface area contributed by atoms with Crippen LogP contribution in [0.2, 0.25) is 0 Å². The van der Waals surface area contributed by atoms with E-state index in [2.05, 4.69) is 20.7 Å². The van der Waals surface area contributed by atoms with E-state index in [1.54, 1.807) is 46.6 Å². The Bertz CT molecular complexity index is 1420. The van der Waals surface area contributed by atoms with Gasteiger partial charge < -0.3 is 18.9 Å². The van der Waals surface area contributed by atoms with E-state index in [0.717, 1.165) is 11.3 Å². The third kappa shape index (κ3) is 6.06. The number of benzene rings is 3. The number of hydrogen-bond donors (Lipinski definition) is 1. The maximum atomic E-state index is 12.6. The summed E-state index contributed by atoms with van der Waals surface area (Å²) in [6.07, 6.45) is 1.51. The number of carbonyl (C=O) groups excluding carboxylic acids is 1. The predicted octanol–water partition coefficient (Wildman–Crippen LogP) is 4.21. The lowest BCUT2D eigenvalue weighted by molar-refractivity contribution is -0.118. The van der Waals surface area contributed by atoms with Crippen molar-refractivity contribution in [2.24, 2.45) is 5.10 Å². The van der Waals surface area contributed by atoms with Gasteiger partial charge >= 0.3 is 0 Å². The van der Waals surface area contributed by atoms with Gasteiger partial charge in [-0.15, -0.1) is 10.2 Å². The van der Waals surface area contributed by atoms with Gasteiger partial charge in [-0.1, -0.05) is 30.0 Å². The van der Waals surface area contributed by atoms with Crippen LogP contribution in [0.15, 0.2) is 77.0 Å². The van der Waals surface area contributed by atoms with E-state index in [1.807, 2.05) is 53.1 Å². The molecule has 0 aliphatic heterocycles. The summed E-state index contributed by atoms with van der Waals surface area (Å²) in [5, 5.41) is 13.4. The zero-order chi connectivity index (χ0) is 26.9. The molecule has 0 radical (unpaired) electrons. The van der Waals surface area contributed by atoms with Gasteiger partial charge in [-0.3, -0.25) is 9.36 Å². The first kappa shape index (κ1) is 26.6. The van der Waals surface area contributed by atoms with Gasteiger partial charge in [0.25, 0.3) is 5.91 Å². The molecule has 1 aromatic heterocycles. The predicted molar refractivity (Wildman–Crippen MR) is 146 cm³/mol. The lowest BCUT2D eigenvalue weighted by Crippen LogP contribution is -2.20. The van der Waals surface area contributed by atoms with Crippen LogP contribution in [-0.4, -0.2) is 61.1 Å². The molecule has 0 unspecified atom stereocenters. The fourth-order valence-corrected chi connectivity index (χ4v) is 4.36. The van der Waals surface area contributed by atoms with Gasteiger partial charge in [0.15, 0.2) is 22.5 Å². The second-order valence-corrected chi connectivity index (χ2v) is 8.68. The summed E-state index contributed by atoms with van der Waals surface area (Å²) < 4.78 is 23.3. The number of rotatable bonds is 11. The normalized spacial score (nSPS) is 10.8. The zero-order valence-electron chi connectivity index (χ0n) is 21.4. The van der Waals surface area contributed by atoms with Gasteiger partial charge in [0.1, 0.15) is 11.5 Å². The minimum Gasteiger partial charge on any atom is -0.497 e. The minimum atomic E-state index is -0.302. The monoisotopic (exact) mass is 533 g/mol. The van der Waals surface area contributed by atoms with Crippen molar-refractivity contribution in [1.82, 2.24) is 20.2 Å². The highest BCUT2D eigenvalue weighted by molar-refractivity contribution is 7.99. The zero-order valence-corrected chi connectivity index (χ0v) is 22.2. The van der Waals surface area contributed by atoms with Gasteiger partial charge in [-0.25, -0.2) is 5.43 Å². The van der Waals surface area contributed by atoms with Crippen LogP contribution in [0.3, 0.4) is 0 Å². The number of amides is 1. The Hall–Kier alpha value is -4.51. The second kappa shape index (κ2) is 12.6. The molecule has 4 rings (SSSR count). The third-order valence-corrected chi connectivity index (χ3v) is 6.38. The molecule has 196 valence electrons. The summed E-state index contributed by atoms with van der Waals surface area (Å²) in [5.74, 6) is 2.82. The first-order chi connectivity index (χ1) is 18.6. The molecule has 0 bridgehead atoms. The maximum Gasteiger partial charge on any atom is 0.250 e. The van der Waals surface area contributed by atoms with Crippen molar-refractivity contribution in [2.75, 3.05) is 34.2 Å². The van der Waals surface area contributed by atoms with Gasteiger partial charge in [-0.2, -0.15) is 5.10 Å². The Kier molecular flexibility index (Phi) is 8.83. The van der Waals surface area contributed by atoms with Crippen molar-refractivity contribution in [2.45, 2.75) is 5.16 Å². The van der Waals surface area contributed by atoms with Crippen LogP contribution in [0.5, 0.6) is 23.0 Å². The molecule has 3 aromatic carbocycles. The number of methoxy groups -OCH3 is 4. The van der Waals surface area contributed by atoms with Crippen LogP contribution >= 0.6 is 11.8 Å². The van der Waals surface area contributed by atoms with Crippen LogP contribution in [-0.2, 0) is 4.79 Å². The number of hydrazone groups is 1. The highest BCUT2D eigenvalue weighted by atomic mass is 32.2. The third-order valence-electron chi connectivity index (χ3n) is 5.45. The van der Waals surface area contributed by atoms with Crippen LogP contribution in [0.4, 0.5) is 0 Å². The minimum absolute atomic E-state index is 0.0729. The lowest BCUT2D eigenvalue weighted by atomic mass is 10.2. The molecule has 0 aliphatic rings. The van der Waals surface area contributed by atoms with E-state index in [1.165, 1.54) is 18.0 Å². The molecule has 0 fully saturated rings. The maximum absolute atomic E-state index is 12.6. The van der Waals surface area contributed by atoms with E-state index in [-0.39, 0.29) is 11.7 Å². The lowest BCUT2D eigenvalue weighted by Gasteiger charge is -2.12. The number of nitrogens with one attached hydrogen (secondary N) is 1. The van der Waals surface area contributed by atoms with Crippen molar-refractivity contribution in [3.63, 3.8) is 0 Å². The summed E-state index contributed by atoms with van der Waals surface area (Å²) in [6, 6.07) is 20.5. The van der Waals surface area contributed by atoms with E-state index in [0.29, 0.717) is 39.5 Å². The Morgan fingerprint density at radius 1 is 0.895 bits per heavy atom. The summed E-state index contributed by atoms with van der Waals surface area (Å²) >= 11 is 1.25. The standard InChI is InChI=1S/C27H27N5O5S/c1-34-21-11-13-22(35-2)19(14-21)16-28-29-25(33)17-38-27-31-30-26(32(27)20-8-6-5-7-9-20)18-10-12-23(36-3)24(15-18)37-4/h5-16H,17H2,1-4H3,(H,29,33). The van der Waals surface area contributed by atoms with E-state index < -0.39 is 0 Å². The quantitative estimate of drug-likeness (QED) is 0.174. The summed E-state index contributed by atoms with van der Waals surface area (Å²) in [6.45, 7) is 0.